The number of hydrogen-bond donors (Lipinski definition) is 14. The lowest BCUT2D eigenvalue weighted by Crippen LogP contribution is -2.54. The van der Waals surface area contributed by atoms with Crippen LogP contribution in [0.15, 0.2) is 140 Å². The molecule has 0 unspecified atom stereocenters. The quantitative estimate of drug-likeness (QED) is 0.0555. The van der Waals surface area contributed by atoms with Crippen molar-refractivity contribution in [2.45, 2.75) is 49.1 Å². The Morgan fingerprint density at radius 3 is 1.07 bits per heavy atom. The molecule has 0 aliphatic rings. The number of aliphatic carboxylic acids is 1. The van der Waals surface area contributed by atoms with Crippen molar-refractivity contribution in [3.8, 4) is 40.2 Å². The lowest BCUT2D eigenvalue weighted by Gasteiger charge is -2.28. The summed E-state index contributed by atoms with van der Waals surface area (Å²) in [7, 11) is 0. The van der Waals surface area contributed by atoms with Gasteiger partial charge < -0.3 is 73.2 Å². The maximum Gasteiger partial charge on any atom is 0.326 e. The Hall–Kier alpha value is -9.30. The van der Waals surface area contributed by atoms with Gasteiger partial charge in [-0.05, 0) is 106 Å². The molecule has 6 aromatic carbocycles. The van der Waals surface area contributed by atoms with Gasteiger partial charge in [-0.2, -0.15) is 0 Å². The number of carboxylic acids is 1. The summed E-state index contributed by atoms with van der Waals surface area (Å²) in [5, 5.41) is 93.3. The minimum atomic E-state index is -1.88. The number of benzene rings is 6. The van der Waals surface area contributed by atoms with Crippen LogP contribution in [0.4, 0.5) is 0 Å². The zero-order valence-corrected chi connectivity index (χ0v) is 36.8. The summed E-state index contributed by atoms with van der Waals surface area (Å²) in [5.41, 5.74) is 7.21. The number of carboxylic acid groups (broad SMARTS) is 1. The van der Waals surface area contributed by atoms with E-state index in [1.165, 1.54) is 121 Å². The van der Waals surface area contributed by atoms with Crippen LogP contribution in [0.1, 0.15) is 57.5 Å². The fourth-order valence-corrected chi connectivity index (χ4v) is 7.21. The molecule has 362 valence electrons. The fraction of sp³-hybridized carbons (Fsp3) is 0.160. The van der Waals surface area contributed by atoms with Crippen molar-refractivity contribution in [2.24, 2.45) is 5.73 Å². The summed E-state index contributed by atoms with van der Waals surface area (Å²) < 4.78 is 0. The Bertz CT molecular complexity index is 2810. The number of nitrogens with two attached hydrogens (primary N) is 1. The molecule has 0 aliphatic carbocycles. The summed E-state index contributed by atoms with van der Waals surface area (Å²) in [5.74, 6) is -8.41. The number of rotatable bonds is 19. The Kier molecular flexibility index (Phi) is 16.1. The summed E-state index contributed by atoms with van der Waals surface area (Å²) in [6.07, 6.45) is -0.483. The van der Waals surface area contributed by atoms with Gasteiger partial charge in [0.05, 0.1) is 0 Å². The maximum absolute atomic E-state index is 14.7. The highest BCUT2D eigenvalue weighted by molar-refractivity contribution is 5.97. The first kappa shape index (κ1) is 50.1. The van der Waals surface area contributed by atoms with Crippen molar-refractivity contribution in [2.75, 3.05) is 0 Å². The number of phenolic OH excluding ortho intramolecular Hbond substituents is 7. The standard InChI is InChI=1S/C50H48N6O14/c51-41(28-5-15-34(59)16-6-28)46(65)52-39(21-26-1-11-32(57)12-2-26)45(64)54-44(31-23-37(62)25-38(63)24-31)49(68)56-43(30-9-19-36(61)20-10-30)48(67)55-42(29-7-17-35(60)18-8-29)47(66)53-40(50(69)70)22-27-3-13-33(58)14-4-27/h1-20,23-25,39-44,57-63H,21-22,51H2,(H,52,65)(H,53,66)(H,54,64)(H,55,67)(H,56,68)(H,69,70)/t39-,40+,41-,42-,43-,44+/m1/s1. The van der Waals surface area contributed by atoms with Gasteiger partial charge in [-0.1, -0.05) is 60.7 Å². The number of carbonyl (C=O) groups excluding carboxylic acids is 5. The smallest absolute Gasteiger partial charge is 0.326 e. The predicted octanol–water partition coefficient (Wildman–Crippen LogP) is 2.74. The topological polar surface area (TPSA) is 350 Å². The van der Waals surface area contributed by atoms with E-state index in [1.54, 1.807) is 0 Å². The average Bonchev–Trinajstić information content (AvgIpc) is 3.32. The molecule has 0 aliphatic heterocycles. The van der Waals surface area contributed by atoms with Crippen molar-refractivity contribution in [1.82, 2.24) is 26.6 Å². The average molecular weight is 957 g/mol. The van der Waals surface area contributed by atoms with Gasteiger partial charge in [-0.25, -0.2) is 4.79 Å². The number of carbonyl (C=O) groups is 6. The summed E-state index contributed by atoms with van der Waals surface area (Å²) in [6.45, 7) is 0. The van der Waals surface area contributed by atoms with E-state index >= 15 is 0 Å². The molecule has 0 spiro atoms. The molecule has 70 heavy (non-hydrogen) atoms. The molecular formula is C50H48N6O14. The largest absolute Gasteiger partial charge is 0.508 e. The highest BCUT2D eigenvalue weighted by Crippen LogP contribution is 2.28. The van der Waals surface area contributed by atoms with Crippen molar-refractivity contribution in [1.29, 1.82) is 0 Å². The number of nitrogens with one attached hydrogen (secondary N) is 5. The first-order valence-electron chi connectivity index (χ1n) is 21.3. The monoisotopic (exact) mass is 956 g/mol. The van der Waals surface area contributed by atoms with Crippen LogP contribution in [0.3, 0.4) is 0 Å². The lowest BCUT2D eigenvalue weighted by atomic mass is 9.99. The van der Waals surface area contributed by atoms with Crippen LogP contribution >= 0.6 is 0 Å². The lowest BCUT2D eigenvalue weighted by molar-refractivity contribution is -0.142. The van der Waals surface area contributed by atoms with Gasteiger partial charge in [0.2, 0.25) is 29.5 Å². The highest BCUT2D eigenvalue weighted by Gasteiger charge is 2.35. The summed E-state index contributed by atoms with van der Waals surface area (Å²) in [6, 6.07) is 19.8. The van der Waals surface area contributed by atoms with Gasteiger partial charge in [-0.3, -0.25) is 24.0 Å². The van der Waals surface area contributed by atoms with Crippen LogP contribution in [0.2, 0.25) is 0 Å². The maximum atomic E-state index is 14.7. The van der Waals surface area contributed by atoms with Gasteiger partial charge in [0.15, 0.2) is 0 Å². The predicted molar refractivity (Wildman–Crippen MR) is 249 cm³/mol. The summed E-state index contributed by atoms with van der Waals surface area (Å²) in [4.78, 5) is 83.8. The van der Waals surface area contributed by atoms with E-state index in [-0.39, 0.29) is 63.8 Å². The molecule has 5 amide bonds. The normalized spacial score (nSPS) is 13.5. The molecule has 20 nitrogen and oxygen atoms in total. The minimum absolute atomic E-state index is 0.00813. The molecule has 0 saturated heterocycles. The first-order valence-corrected chi connectivity index (χ1v) is 21.3. The molecule has 15 N–H and O–H groups in total. The van der Waals surface area contributed by atoms with E-state index < -0.39 is 83.3 Å². The van der Waals surface area contributed by atoms with Crippen LogP contribution in [0.25, 0.3) is 0 Å². The van der Waals surface area contributed by atoms with E-state index in [2.05, 4.69) is 26.6 Å². The molecule has 6 rings (SSSR count). The van der Waals surface area contributed by atoms with Crippen molar-refractivity contribution in [3.05, 3.63) is 173 Å². The van der Waals surface area contributed by atoms with E-state index in [0.717, 1.165) is 18.2 Å². The van der Waals surface area contributed by atoms with Crippen LogP contribution in [-0.4, -0.2) is 88.4 Å². The van der Waals surface area contributed by atoms with Crippen LogP contribution in [0.5, 0.6) is 40.2 Å². The zero-order chi connectivity index (χ0) is 50.6. The zero-order valence-electron chi connectivity index (χ0n) is 36.8. The van der Waals surface area contributed by atoms with E-state index in [1.807, 2.05) is 0 Å². The minimum Gasteiger partial charge on any atom is -0.508 e. The van der Waals surface area contributed by atoms with E-state index in [0.29, 0.717) is 11.1 Å². The van der Waals surface area contributed by atoms with Crippen molar-refractivity contribution < 1.29 is 69.6 Å². The second-order valence-electron chi connectivity index (χ2n) is 16.1. The molecule has 0 bridgehead atoms. The molecule has 20 heteroatoms. The van der Waals surface area contributed by atoms with Gasteiger partial charge >= 0.3 is 5.97 Å². The third-order valence-electron chi connectivity index (χ3n) is 10.9. The fourth-order valence-electron chi connectivity index (χ4n) is 7.21. The molecule has 0 saturated carbocycles. The second-order valence-corrected chi connectivity index (χ2v) is 16.1. The number of amides is 5. The molecular weight excluding hydrogens is 909 g/mol. The van der Waals surface area contributed by atoms with Gasteiger partial charge in [0.1, 0.15) is 76.5 Å². The summed E-state index contributed by atoms with van der Waals surface area (Å²) >= 11 is 0. The van der Waals surface area contributed by atoms with Crippen LogP contribution in [-0.2, 0) is 41.6 Å². The molecule has 0 heterocycles. The highest BCUT2D eigenvalue weighted by atomic mass is 16.4. The molecule has 0 radical (unpaired) electrons. The third-order valence-corrected chi connectivity index (χ3v) is 10.9. The number of aromatic hydroxyl groups is 7. The Morgan fingerprint density at radius 2 is 0.671 bits per heavy atom. The van der Waals surface area contributed by atoms with Gasteiger partial charge in [0, 0.05) is 18.9 Å². The van der Waals surface area contributed by atoms with E-state index in [4.69, 9.17) is 5.73 Å². The molecule has 0 fully saturated rings. The van der Waals surface area contributed by atoms with Crippen LogP contribution in [0, 0.1) is 0 Å². The Morgan fingerprint density at radius 1 is 0.357 bits per heavy atom. The number of phenols is 7. The third kappa shape index (κ3) is 13.4. The van der Waals surface area contributed by atoms with Crippen molar-refractivity contribution >= 4 is 35.5 Å². The second kappa shape index (κ2) is 22.5. The number of hydrogen-bond acceptors (Lipinski definition) is 14. The Balaban J connectivity index is 1.33. The van der Waals surface area contributed by atoms with Gasteiger partial charge in [0.25, 0.3) is 0 Å². The Labute approximate surface area is 398 Å². The molecule has 6 atom stereocenters. The van der Waals surface area contributed by atoms with Crippen molar-refractivity contribution in [3.63, 3.8) is 0 Å². The van der Waals surface area contributed by atoms with E-state index in [9.17, 15) is 69.6 Å². The molecule has 6 aromatic rings. The van der Waals surface area contributed by atoms with Crippen LogP contribution < -0.4 is 32.3 Å². The molecule has 0 aromatic heterocycles. The van der Waals surface area contributed by atoms with Gasteiger partial charge in [-0.15, -0.1) is 0 Å². The first-order chi connectivity index (χ1) is 33.3. The SMILES string of the molecule is N[C@@H](C(=O)N[C@H](Cc1ccc(O)cc1)C(=O)N[C@H](C(=O)N[C@@H](C(=O)N[C@@H](C(=O)N[C@@H](Cc1ccc(O)cc1)C(=O)O)c1ccc(O)cc1)c1ccc(O)cc1)c1cc(O)cc(O)c1)c1ccc(O)cc1.